The van der Waals surface area contributed by atoms with Gasteiger partial charge in [-0.25, -0.2) is 0 Å². The summed E-state index contributed by atoms with van der Waals surface area (Å²) in [6.07, 6.45) is 0.546. The fourth-order valence-corrected chi connectivity index (χ4v) is 0.436. The predicted molar refractivity (Wildman–Crippen MR) is 30.6 cm³/mol. The molecule has 0 rings (SSSR count). The van der Waals surface area contributed by atoms with Crippen LogP contribution in [0.1, 0.15) is 20.3 Å². The highest BCUT2D eigenvalue weighted by Gasteiger charge is 2.03. The summed E-state index contributed by atoms with van der Waals surface area (Å²) in [5.41, 5.74) is 0. The van der Waals surface area contributed by atoms with Gasteiger partial charge in [0.15, 0.2) is 0 Å². The van der Waals surface area contributed by atoms with Gasteiger partial charge in [0.25, 0.3) is 0 Å². The van der Waals surface area contributed by atoms with E-state index in [0.29, 0.717) is 6.42 Å². The third kappa shape index (κ3) is 2.63. The number of carbonyl (C=O) groups excluding carboxylic acids is 1. The Bertz CT molecular complexity index is 68.5. The maximum atomic E-state index is 10.4. The van der Waals surface area contributed by atoms with E-state index in [2.05, 4.69) is 0 Å². The number of alkyl halides is 1. The van der Waals surface area contributed by atoms with Gasteiger partial charge in [-0.05, 0) is 6.92 Å². The van der Waals surface area contributed by atoms with Gasteiger partial charge in [-0.3, -0.25) is 4.79 Å². The van der Waals surface area contributed by atoms with E-state index in [1.165, 1.54) is 0 Å². The van der Waals surface area contributed by atoms with E-state index in [4.69, 9.17) is 11.6 Å². The summed E-state index contributed by atoms with van der Waals surface area (Å²) in [4.78, 5) is 10.4. The molecule has 0 aromatic heterocycles. The van der Waals surface area contributed by atoms with E-state index in [0.717, 1.165) is 0 Å². The molecule has 0 saturated carbocycles. The lowest BCUT2D eigenvalue weighted by molar-refractivity contribution is -0.118. The van der Waals surface area contributed by atoms with Crippen LogP contribution in [0.2, 0.25) is 0 Å². The minimum absolute atomic E-state index is 0.113. The molecule has 0 spiro atoms. The molecule has 2 heteroatoms. The average molecular weight is 121 g/mol. The van der Waals surface area contributed by atoms with Crippen LogP contribution in [0, 0.1) is 0 Å². The first-order valence-electron chi connectivity index (χ1n) is 2.35. The number of rotatable bonds is 2. The Balaban J connectivity index is 3.35. The molecule has 0 aliphatic heterocycles. The van der Waals surface area contributed by atoms with Crippen molar-refractivity contribution in [1.29, 1.82) is 0 Å². The summed E-state index contributed by atoms with van der Waals surface area (Å²) in [7, 11) is 0. The second kappa shape index (κ2) is 3.03. The maximum Gasteiger partial charge on any atom is 0.150 e. The van der Waals surface area contributed by atoms with Crippen LogP contribution in [-0.2, 0) is 4.79 Å². The lowest BCUT2D eigenvalue weighted by atomic mass is 10.2. The van der Waals surface area contributed by atoms with Crippen molar-refractivity contribution < 1.29 is 4.79 Å². The normalized spacial score (nSPS) is 13.6. The molecule has 1 nitrogen and oxygen atoms in total. The molecule has 0 aromatic carbocycles. The van der Waals surface area contributed by atoms with Crippen molar-refractivity contribution in [2.24, 2.45) is 0 Å². The second-order valence-electron chi connectivity index (χ2n) is 1.44. The zero-order valence-corrected chi connectivity index (χ0v) is 5.33. The van der Waals surface area contributed by atoms with Crippen LogP contribution in [0.4, 0.5) is 0 Å². The van der Waals surface area contributed by atoms with Crippen molar-refractivity contribution in [3.63, 3.8) is 0 Å². The Labute approximate surface area is 48.7 Å². The lowest BCUT2D eigenvalue weighted by Gasteiger charge is -1.93. The fraction of sp³-hybridized carbons (Fsp3) is 0.800. The fourth-order valence-electron chi connectivity index (χ4n) is 0.281. The third-order valence-corrected chi connectivity index (χ3v) is 1.04. The van der Waals surface area contributed by atoms with Crippen LogP contribution in [0.25, 0.3) is 0 Å². The first-order valence-corrected chi connectivity index (χ1v) is 2.79. The van der Waals surface area contributed by atoms with Crippen molar-refractivity contribution in [3.05, 3.63) is 0 Å². The first-order chi connectivity index (χ1) is 3.18. The van der Waals surface area contributed by atoms with Gasteiger partial charge in [-0.15, -0.1) is 11.6 Å². The van der Waals surface area contributed by atoms with Crippen molar-refractivity contribution in [2.75, 3.05) is 0 Å². The highest BCUT2D eigenvalue weighted by molar-refractivity contribution is 6.30. The zero-order chi connectivity index (χ0) is 5.86. The minimum Gasteiger partial charge on any atom is -0.298 e. The van der Waals surface area contributed by atoms with Gasteiger partial charge in [-0.2, -0.15) is 0 Å². The zero-order valence-electron chi connectivity index (χ0n) is 4.57. The molecule has 42 valence electrons. The van der Waals surface area contributed by atoms with E-state index in [1.54, 1.807) is 13.8 Å². The molecule has 0 fully saturated rings. The molecule has 0 saturated heterocycles. The number of hydrogen-bond donors (Lipinski definition) is 0. The summed E-state index contributed by atoms with van der Waals surface area (Å²) in [5.74, 6) is 0.113. The summed E-state index contributed by atoms with van der Waals surface area (Å²) < 4.78 is 0. The molecule has 0 aliphatic rings. The Morgan fingerprint density at radius 3 is 2.29 bits per heavy atom. The van der Waals surface area contributed by atoms with Crippen LogP contribution in [0.3, 0.4) is 0 Å². The van der Waals surface area contributed by atoms with Gasteiger partial charge in [0.2, 0.25) is 0 Å². The van der Waals surface area contributed by atoms with Gasteiger partial charge in [0.05, 0.1) is 5.38 Å². The van der Waals surface area contributed by atoms with Gasteiger partial charge in [0.1, 0.15) is 5.78 Å². The van der Waals surface area contributed by atoms with Crippen LogP contribution in [0.15, 0.2) is 0 Å². The Morgan fingerprint density at radius 1 is 1.86 bits per heavy atom. The van der Waals surface area contributed by atoms with Gasteiger partial charge in [-0.1, -0.05) is 6.92 Å². The first kappa shape index (κ1) is 6.96. The smallest absolute Gasteiger partial charge is 0.150 e. The maximum absolute atomic E-state index is 10.4. The Hall–Kier alpha value is -0.0400. The molecule has 0 aromatic rings. The molecule has 0 heterocycles. The number of halogens is 1. The molecule has 7 heavy (non-hydrogen) atoms. The van der Waals surface area contributed by atoms with Crippen LogP contribution in [-0.4, -0.2) is 11.2 Å². The van der Waals surface area contributed by atoms with Crippen LogP contribution < -0.4 is 0 Å². The van der Waals surface area contributed by atoms with Gasteiger partial charge >= 0.3 is 0 Å². The van der Waals surface area contributed by atoms with Crippen molar-refractivity contribution in [2.45, 2.75) is 25.6 Å². The van der Waals surface area contributed by atoms with Crippen molar-refractivity contribution >= 4 is 17.4 Å². The van der Waals surface area contributed by atoms with Gasteiger partial charge in [0, 0.05) is 6.42 Å². The molecule has 1 atom stereocenters. The number of carbonyl (C=O) groups is 1. The van der Waals surface area contributed by atoms with Crippen LogP contribution in [0.5, 0.6) is 0 Å². The largest absolute Gasteiger partial charge is 0.298 e. The summed E-state index contributed by atoms with van der Waals surface area (Å²) in [5, 5.41) is -0.301. The lowest BCUT2D eigenvalue weighted by Crippen LogP contribution is -2.06. The molecule has 1 unspecified atom stereocenters. The monoisotopic (exact) mass is 120 g/mol. The topological polar surface area (TPSA) is 17.1 Å². The van der Waals surface area contributed by atoms with E-state index >= 15 is 0 Å². The summed E-state index contributed by atoms with van der Waals surface area (Å²) >= 11 is 5.38. The van der Waals surface area contributed by atoms with E-state index in [1.807, 2.05) is 0 Å². The molecule has 0 N–H and O–H groups in total. The van der Waals surface area contributed by atoms with E-state index in [-0.39, 0.29) is 11.2 Å². The molecule has 0 bridgehead atoms. The molecule has 0 amide bonds. The van der Waals surface area contributed by atoms with Gasteiger partial charge < -0.3 is 0 Å². The quantitative estimate of drug-likeness (QED) is 0.506. The highest BCUT2D eigenvalue weighted by Crippen LogP contribution is 1.96. The number of ketones is 1. The summed E-state index contributed by atoms with van der Waals surface area (Å²) in [6.45, 7) is 3.49. The standard InChI is InChI=1S/C5H9ClO/c1-3-5(7)4(2)6/h4H,3H2,1-2H3. The minimum atomic E-state index is -0.301. The molecular formula is C5H9ClO. The average Bonchev–Trinajstić information content (AvgIpc) is 1.65. The highest BCUT2D eigenvalue weighted by atomic mass is 35.5. The Kier molecular flexibility index (Phi) is 3.01. The molecule has 0 aliphatic carbocycles. The molecule has 0 radical (unpaired) electrons. The van der Waals surface area contributed by atoms with Crippen molar-refractivity contribution in [3.8, 4) is 0 Å². The van der Waals surface area contributed by atoms with Crippen molar-refractivity contribution in [1.82, 2.24) is 0 Å². The number of Topliss-reactive ketones (excluding diaryl/α,β-unsaturated/α-hetero) is 1. The summed E-state index contributed by atoms with van der Waals surface area (Å²) in [6, 6.07) is 0. The second-order valence-corrected chi connectivity index (χ2v) is 2.09. The Morgan fingerprint density at radius 2 is 2.29 bits per heavy atom. The third-order valence-electron chi connectivity index (χ3n) is 0.792. The number of hydrogen-bond acceptors (Lipinski definition) is 1. The predicted octanol–water partition coefficient (Wildman–Crippen LogP) is 1.59. The SMILES string of the molecule is CCC(=O)C(C)Cl. The van der Waals surface area contributed by atoms with E-state index < -0.39 is 0 Å². The van der Waals surface area contributed by atoms with Crippen LogP contribution >= 0.6 is 11.6 Å². The van der Waals surface area contributed by atoms with E-state index in [9.17, 15) is 4.79 Å². The molecular weight excluding hydrogens is 112 g/mol.